The fraction of sp³-hybridized carbons (Fsp3) is 0.625. The highest BCUT2D eigenvalue weighted by Gasteiger charge is 2.63. The molecule has 1 rings (SSSR count). The highest BCUT2D eigenvalue weighted by molar-refractivity contribution is 6.08. The number of rotatable bonds is 5. The summed E-state index contributed by atoms with van der Waals surface area (Å²) in [7, 11) is 0. The third-order valence-electron chi connectivity index (χ3n) is 2.87. The number of imide groups is 1. The first-order valence-electron chi connectivity index (χ1n) is 5.20. The topological polar surface area (TPSA) is 188 Å². The third kappa shape index (κ3) is 1.95. The molecule has 20 heavy (non-hydrogen) atoms. The Bertz CT molecular complexity index is 429. The van der Waals surface area contributed by atoms with Crippen LogP contribution in [0.15, 0.2) is 0 Å². The van der Waals surface area contributed by atoms with E-state index in [4.69, 9.17) is 26.2 Å². The molecule has 1 aliphatic rings. The predicted molar refractivity (Wildman–Crippen MR) is 57.7 cm³/mol. The summed E-state index contributed by atoms with van der Waals surface area (Å²) in [5.41, 5.74) is 2.23. The van der Waals surface area contributed by atoms with Gasteiger partial charge in [0.15, 0.2) is 0 Å². The van der Waals surface area contributed by atoms with Crippen molar-refractivity contribution in [2.45, 2.75) is 12.1 Å². The zero-order valence-electron chi connectivity index (χ0n) is 10.1. The van der Waals surface area contributed by atoms with Crippen molar-refractivity contribution in [2.75, 3.05) is 20.1 Å². The van der Waals surface area contributed by atoms with Gasteiger partial charge in [0.25, 0.3) is 5.91 Å². The average molecular weight is 294 g/mol. The highest BCUT2D eigenvalue weighted by Crippen LogP contribution is 2.31. The van der Waals surface area contributed by atoms with Gasteiger partial charge in [0.1, 0.15) is 13.5 Å². The van der Waals surface area contributed by atoms with Crippen LogP contribution in [0.3, 0.4) is 0 Å². The Morgan fingerprint density at radius 2 is 1.80 bits per heavy atom. The molecule has 12 nitrogen and oxygen atoms in total. The minimum atomic E-state index is -2.66. The maximum absolute atomic E-state index is 12.1. The number of hydrogen-bond donors (Lipinski definition) is 6. The molecule has 1 heterocycles. The molecule has 0 aromatic heterocycles. The zero-order chi connectivity index (χ0) is 15.7. The van der Waals surface area contributed by atoms with Gasteiger partial charge in [0.05, 0.1) is 6.61 Å². The Morgan fingerprint density at radius 1 is 1.25 bits per heavy atom. The van der Waals surface area contributed by atoms with Crippen molar-refractivity contribution in [3.05, 3.63) is 0 Å². The normalized spacial score (nSPS) is 22.9. The summed E-state index contributed by atoms with van der Waals surface area (Å²) < 4.78 is 0. The Balaban J connectivity index is 3.48. The lowest BCUT2D eigenvalue weighted by Gasteiger charge is -2.41. The number of amides is 5. The molecular weight excluding hydrogens is 280 g/mol. The van der Waals surface area contributed by atoms with Gasteiger partial charge in [0.2, 0.25) is 12.1 Å². The quantitative estimate of drug-likeness (QED) is 0.216. The van der Waals surface area contributed by atoms with Crippen LogP contribution in [-0.2, 0) is 4.79 Å². The second-order valence-electron chi connectivity index (χ2n) is 3.76. The Morgan fingerprint density at radius 3 is 2.10 bits per heavy atom. The standard InChI is InChI=1S/C8H14N4O8/c9-5(17)12(7(19)20)8(1-13)4(16)10(2-14)6(18)11(8)3-15/h7,13-15,19-20H,1-3H2,(H2,9,17). The van der Waals surface area contributed by atoms with Gasteiger partial charge in [-0.15, -0.1) is 0 Å². The van der Waals surface area contributed by atoms with Crippen LogP contribution in [0.5, 0.6) is 0 Å². The molecular formula is C8H14N4O8. The van der Waals surface area contributed by atoms with Crippen molar-refractivity contribution in [3.8, 4) is 0 Å². The molecule has 0 bridgehead atoms. The number of nitrogens with two attached hydrogens (primary N) is 1. The number of aliphatic hydroxyl groups excluding tert-OH is 4. The molecule has 0 aromatic carbocycles. The molecule has 5 amide bonds. The summed E-state index contributed by atoms with van der Waals surface area (Å²) in [5.74, 6) is -1.35. The van der Waals surface area contributed by atoms with Gasteiger partial charge in [-0.25, -0.2) is 19.4 Å². The molecule has 0 aliphatic carbocycles. The van der Waals surface area contributed by atoms with Gasteiger partial charge >= 0.3 is 12.1 Å². The van der Waals surface area contributed by atoms with Gasteiger partial charge in [0, 0.05) is 0 Å². The number of nitrogens with zero attached hydrogens (tertiary/aromatic N) is 3. The van der Waals surface area contributed by atoms with Crippen molar-refractivity contribution in [1.82, 2.24) is 14.7 Å². The molecule has 1 atom stereocenters. The van der Waals surface area contributed by atoms with Gasteiger partial charge in [-0.05, 0) is 0 Å². The molecule has 1 unspecified atom stereocenters. The molecule has 1 aliphatic heterocycles. The van der Waals surface area contributed by atoms with Crippen molar-refractivity contribution in [1.29, 1.82) is 0 Å². The summed E-state index contributed by atoms with van der Waals surface area (Å²) >= 11 is 0. The number of hydrogen-bond acceptors (Lipinski definition) is 8. The minimum Gasteiger partial charge on any atom is -0.391 e. The fourth-order valence-corrected chi connectivity index (χ4v) is 1.97. The summed E-state index contributed by atoms with van der Waals surface area (Å²) in [5, 5.41) is 45.7. The molecule has 0 aromatic rings. The van der Waals surface area contributed by atoms with E-state index in [1.54, 1.807) is 0 Å². The van der Waals surface area contributed by atoms with Crippen LogP contribution in [0.2, 0.25) is 0 Å². The first kappa shape index (κ1) is 16.1. The number of aliphatic hydroxyl groups is 5. The van der Waals surface area contributed by atoms with E-state index in [0.29, 0.717) is 0 Å². The monoisotopic (exact) mass is 294 g/mol. The molecule has 0 radical (unpaired) electrons. The van der Waals surface area contributed by atoms with Crippen LogP contribution in [0.4, 0.5) is 9.59 Å². The third-order valence-corrected chi connectivity index (χ3v) is 2.87. The minimum absolute atomic E-state index is 0.0981. The summed E-state index contributed by atoms with van der Waals surface area (Å²) in [6.07, 6.45) is -2.64. The van der Waals surface area contributed by atoms with Crippen molar-refractivity contribution in [3.63, 3.8) is 0 Å². The maximum Gasteiger partial charge on any atom is 0.332 e. The number of primary amides is 1. The van der Waals surface area contributed by atoms with Crippen LogP contribution < -0.4 is 5.73 Å². The van der Waals surface area contributed by atoms with E-state index < -0.39 is 50.1 Å². The summed E-state index contributed by atoms with van der Waals surface area (Å²) in [6.45, 7) is -3.54. The molecule has 12 heteroatoms. The van der Waals surface area contributed by atoms with Crippen LogP contribution in [0.1, 0.15) is 0 Å². The molecule has 7 N–H and O–H groups in total. The number of carbonyl (C=O) groups excluding carboxylic acids is 3. The van der Waals surface area contributed by atoms with E-state index in [2.05, 4.69) is 0 Å². The van der Waals surface area contributed by atoms with Crippen molar-refractivity contribution in [2.24, 2.45) is 5.73 Å². The number of urea groups is 2. The smallest absolute Gasteiger partial charge is 0.332 e. The second-order valence-corrected chi connectivity index (χ2v) is 3.76. The summed E-state index contributed by atoms with van der Waals surface area (Å²) in [6, 6.07) is -2.80. The van der Waals surface area contributed by atoms with E-state index in [9.17, 15) is 19.5 Å². The lowest BCUT2D eigenvalue weighted by molar-refractivity contribution is -0.205. The van der Waals surface area contributed by atoms with Gasteiger partial charge in [-0.1, -0.05) is 0 Å². The molecule has 0 spiro atoms. The van der Waals surface area contributed by atoms with Crippen molar-refractivity contribution < 1.29 is 39.9 Å². The van der Waals surface area contributed by atoms with Gasteiger partial charge < -0.3 is 31.3 Å². The van der Waals surface area contributed by atoms with Gasteiger partial charge in [-0.3, -0.25) is 9.69 Å². The van der Waals surface area contributed by atoms with E-state index in [0.717, 1.165) is 0 Å². The van der Waals surface area contributed by atoms with E-state index in [1.807, 2.05) is 0 Å². The van der Waals surface area contributed by atoms with Gasteiger partial charge in [-0.2, -0.15) is 0 Å². The maximum atomic E-state index is 12.1. The first-order valence-corrected chi connectivity index (χ1v) is 5.20. The largest absolute Gasteiger partial charge is 0.391 e. The fourth-order valence-electron chi connectivity index (χ4n) is 1.97. The number of carbonyl (C=O) groups is 3. The first-order chi connectivity index (χ1) is 9.29. The molecule has 114 valence electrons. The average Bonchev–Trinajstić information content (AvgIpc) is 2.57. The highest BCUT2D eigenvalue weighted by atomic mass is 16.5. The SMILES string of the molecule is NC(=O)N(C(O)O)C1(CO)C(=O)N(CO)C(=O)N1CO. The zero-order valence-corrected chi connectivity index (χ0v) is 10.1. The van der Waals surface area contributed by atoms with E-state index >= 15 is 0 Å². The Hall–Kier alpha value is -1.99. The van der Waals surface area contributed by atoms with Crippen LogP contribution in [0.25, 0.3) is 0 Å². The van der Waals surface area contributed by atoms with Crippen LogP contribution in [-0.4, -0.2) is 90.3 Å². The van der Waals surface area contributed by atoms with Crippen molar-refractivity contribution >= 4 is 18.0 Å². The molecule has 0 saturated carbocycles. The van der Waals surface area contributed by atoms with Crippen LogP contribution >= 0.6 is 0 Å². The Labute approximate surface area is 111 Å². The van der Waals surface area contributed by atoms with Crippen LogP contribution in [0, 0.1) is 0 Å². The second kappa shape index (κ2) is 5.56. The Kier molecular flexibility index (Phi) is 4.46. The molecule has 1 fully saturated rings. The lowest BCUT2D eigenvalue weighted by atomic mass is 10.1. The van der Waals surface area contributed by atoms with E-state index in [1.165, 1.54) is 0 Å². The lowest BCUT2D eigenvalue weighted by Crippen LogP contribution is -2.70. The predicted octanol–water partition coefficient (Wildman–Crippen LogP) is -4.51. The summed E-state index contributed by atoms with van der Waals surface area (Å²) in [4.78, 5) is 35.5. The molecule has 1 saturated heterocycles. The van der Waals surface area contributed by atoms with E-state index in [-0.39, 0.29) is 14.7 Å².